The Labute approximate surface area is 156 Å². The van der Waals surface area contributed by atoms with Crippen LogP contribution >= 0.6 is 11.8 Å². The zero-order chi connectivity index (χ0) is 18.5. The van der Waals surface area contributed by atoms with E-state index in [9.17, 15) is 14.9 Å². The third kappa shape index (κ3) is 4.66. The molecule has 9 nitrogen and oxygen atoms in total. The molecular weight excluding hydrogens is 362 g/mol. The van der Waals surface area contributed by atoms with Crippen LogP contribution in [0.3, 0.4) is 0 Å². The number of hydroxylamine groups is 2. The average Bonchev–Trinajstić information content (AvgIpc) is 3.14. The van der Waals surface area contributed by atoms with E-state index in [1.807, 2.05) is 0 Å². The lowest BCUT2D eigenvalue weighted by molar-refractivity contribution is -0.530. The number of nitrogens with one attached hydrogen (secondary N) is 2. The van der Waals surface area contributed by atoms with E-state index in [2.05, 4.69) is 11.0 Å². The smallest absolute Gasteiger partial charge is 0.308 e. The lowest BCUT2D eigenvalue weighted by Gasteiger charge is -2.32. The van der Waals surface area contributed by atoms with Gasteiger partial charge in [-0.25, -0.2) is 4.94 Å². The van der Waals surface area contributed by atoms with Gasteiger partial charge in [0, 0.05) is 29.5 Å². The fourth-order valence-corrected chi connectivity index (χ4v) is 5.27. The number of nitrogens with zero attached hydrogens (tertiary/aromatic N) is 1. The van der Waals surface area contributed by atoms with Gasteiger partial charge in [0.2, 0.25) is 6.04 Å². The van der Waals surface area contributed by atoms with Crippen LogP contribution in [0.25, 0.3) is 0 Å². The van der Waals surface area contributed by atoms with Gasteiger partial charge in [-0.3, -0.25) is 14.9 Å². The second-order valence-electron chi connectivity index (χ2n) is 7.11. The van der Waals surface area contributed by atoms with Crippen LogP contribution in [0, 0.1) is 16.0 Å². The normalized spacial score (nSPS) is 37.1. The van der Waals surface area contributed by atoms with Gasteiger partial charge in [0.25, 0.3) is 0 Å². The molecule has 10 heteroatoms. The Bertz CT molecular complexity index is 502. The highest BCUT2D eigenvalue weighted by molar-refractivity contribution is 8.00. The summed E-state index contributed by atoms with van der Waals surface area (Å²) in [5.41, 5.74) is 5.57. The van der Waals surface area contributed by atoms with Crippen LogP contribution in [0.5, 0.6) is 0 Å². The number of methoxy groups -OCH3 is 1. The van der Waals surface area contributed by atoms with E-state index in [0.29, 0.717) is 18.8 Å². The van der Waals surface area contributed by atoms with Crippen molar-refractivity contribution in [1.82, 2.24) is 11.0 Å². The van der Waals surface area contributed by atoms with E-state index in [1.54, 1.807) is 18.9 Å². The van der Waals surface area contributed by atoms with Crippen LogP contribution in [0.1, 0.15) is 38.5 Å². The van der Waals surface area contributed by atoms with E-state index in [-0.39, 0.29) is 40.2 Å². The Morgan fingerprint density at radius 2 is 1.92 bits per heavy atom. The standard InChI is InChI=1S/C16H27N3O6S/c1-23-11-4-2-10(3-5-11)16(20)24-8-9-26-13-7-6-12(19(21)22)14-15(13)18-25-17-14/h10-15,17-18H,2-9H2,1H3. The predicted molar refractivity (Wildman–Crippen MR) is 94.9 cm³/mol. The number of nitro groups is 1. The summed E-state index contributed by atoms with van der Waals surface area (Å²) in [5.74, 6) is 0.553. The minimum absolute atomic E-state index is 0.0135. The second-order valence-corrected chi connectivity index (χ2v) is 8.45. The Balaban J connectivity index is 1.36. The molecule has 0 spiro atoms. The fraction of sp³-hybridized carbons (Fsp3) is 0.938. The quantitative estimate of drug-likeness (QED) is 0.285. The first-order chi connectivity index (χ1) is 12.6. The summed E-state index contributed by atoms with van der Waals surface area (Å²) in [6.07, 6.45) is 5.00. The molecule has 1 heterocycles. The van der Waals surface area contributed by atoms with Crippen molar-refractivity contribution in [3.8, 4) is 0 Å². The summed E-state index contributed by atoms with van der Waals surface area (Å²) in [5, 5.41) is 11.3. The molecule has 148 valence electrons. The van der Waals surface area contributed by atoms with Crippen molar-refractivity contribution in [2.75, 3.05) is 19.5 Å². The summed E-state index contributed by atoms with van der Waals surface area (Å²) < 4.78 is 10.8. The molecule has 0 aromatic rings. The van der Waals surface area contributed by atoms with Gasteiger partial charge >= 0.3 is 5.97 Å². The molecule has 0 aromatic carbocycles. The summed E-state index contributed by atoms with van der Waals surface area (Å²) in [6.45, 7) is 0.370. The maximum absolute atomic E-state index is 12.2. The zero-order valence-electron chi connectivity index (χ0n) is 14.9. The van der Waals surface area contributed by atoms with Gasteiger partial charge in [-0.2, -0.15) is 22.7 Å². The number of thioether (sulfide) groups is 1. The summed E-state index contributed by atoms with van der Waals surface area (Å²) in [6, 6.07) is -1.06. The Kier molecular flexibility index (Phi) is 7.10. The maximum atomic E-state index is 12.2. The van der Waals surface area contributed by atoms with Crippen LogP contribution in [0.4, 0.5) is 0 Å². The number of fused-ring (bicyclic) bond motifs is 1. The van der Waals surface area contributed by atoms with Crippen molar-refractivity contribution in [1.29, 1.82) is 0 Å². The van der Waals surface area contributed by atoms with Crippen LogP contribution in [-0.2, 0) is 19.2 Å². The van der Waals surface area contributed by atoms with Crippen LogP contribution in [0.2, 0.25) is 0 Å². The lowest BCUT2D eigenvalue weighted by Crippen LogP contribution is -2.55. The average molecular weight is 389 g/mol. The summed E-state index contributed by atoms with van der Waals surface area (Å²) in [7, 11) is 1.71. The number of esters is 1. The molecule has 0 amide bonds. The van der Waals surface area contributed by atoms with E-state index >= 15 is 0 Å². The fourth-order valence-electron chi connectivity index (χ4n) is 4.05. The maximum Gasteiger partial charge on any atom is 0.308 e. The monoisotopic (exact) mass is 389 g/mol. The Morgan fingerprint density at radius 3 is 2.62 bits per heavy atom. The largest absolute Gasteiger partial charge is 0.465 e. The molecule has 0 bridgehead atoms. The third-order valence-electron chi connectivity index (χ3n) is 5.61. The highest BCUT2D eigenvalue weighted by Crippen LogP contribution is 2.32. The first-order valence-corrected chi connectivity index (χ1v) is 10.3. The summed E-state index contributed by atoms with van der Waals surface area (Å²) >= 11 is 1.68. The first kappa shape index (κ1) is 19.8. The number of rotatable bonds is 7. The van der Waals surface area contributed by atoms with Crippen LogP contribution < -0.4 is 11.0 Å². The SMILES string of the molecule is COC1CCC(C(=O)OCCSC2CCC([N+](=O)[O-])C3NONC23)CC1. The Hall–Kier alpha value is -0.940. The third-order valence-corrected chi connectivity index (χ3v) is 6.97. The number of ether oxygens (including phenoxy) is 2. The van der Waals surface area contributed by atoms with Crippen molar-refractivity contribution < 1.29 is 24.1 Å². The van der Waals surface area contributed by atoms with Gasteiger partial charge in [-0.15, -0.1) is 0 Å². The molecule has 3 fully saturated rings. The number of carbonyl (C=O) groups excluding carboxylic acids is 1. The van der Waals surface area contributed by atoms with Crippen molar-refractivity contribution in [3.63, 3.8) is 0 Å². The molecule has 0 radical (unpaired) electrons. The number of hydrogen-bond donors (Lipinski definition) is 2. The molecule has 0 aromatic heterocycles. The van der Waals surface area contributed by atoms with Gasteiger partial charge in [0.15, 0.2) is 0 Å². The molecule has 2 N–H and O–H groups in total. The first-order valence-electron chi connectivity index (χ1n) is 9.21. The van der Waals surface area contributed by atoms with Crippen LogP contribution in [0.15, 0.2) is 0 Å². The topological polar surface area (TPSA) is 112 Å². The molecule has 3 aliphatic rings. The van der Waals surface area contributed by atoms with E-state index < -0.39 is 6.04 Å². The second kappa shape index (κ2) is 9.32. The number of hydrogen-bond acceptors (Lipinski definition) is 9. The van der Waals surface area contributed by atoms with Crippen molar-refractivity contribution in [2.24, 2.45) is 5.92 Å². The van der Waals surface area contributed by atoms with E-state index in [1.165, 1.54) is 0 Å². The van der Waals surface area contributed by atoms with E-state index in [4.69, 9.17) is 14.4 Å². The highest BCUT2D eigenvalue weighted by atomic mass is 32.2. The minimum atomic E-state index is -0.632. The highest BCUT2D eigenvalue weighted by Gasteiger charge is 2.49. The van der Waals surface area contributed by atoms with Gasteiger partial charge in [0.05, 0.1) is 18.1 Å². The molecule has 1 aliphatic heterocycles. The molecule has 2 aliphatic carbocycles. The van der Waals surface area contributed by atoms with Gasteiger partial charge in [-0.05, 0) is 32.1 Å². The zero-order valence-corrected chi connectivity index (χ0v) is 15.7. The molecular formula is C16H27N3O6S. The number of carbonyl (C=O) groups is 1. The van der Waals surface area contributed by atoms with E-state index in [0.717, 1.165) is 32.1 Å². The van der Waals surface area contributed by atoms with Gasteiger partial charge in [0.1, 0.15) is 12.6 Å². The molecule has 2 saturated carbocycles. The molecule has 3 rings (SSSR count). The molecule has 1 saturated heterocycles. The van der Waals surface area contributed by atoms with Gasteiger partial charge < -0.3 is 9.47 Å². The molecule has 4 atom stereocenters. The van der Waals surface area contributed by atoms with Crippen molar-refractivity contribution in [3.05, 3.63) is 10.1 Å². The molecule has 26 heavy (non-hydrogen) atoms. The summed E-state index contributed by atoms with van der Waals surface area (Å²) in [4.78, 5) is 28.1. The lowest BCUT2D eigenvalue weighted by atomic mass is 9.87. The Morgan fingerprint density at radius 1 is 1.19 bits per heavy atom. The van der Waals surface area contributed by atoms with Crippen molar-refractivity contribution in [2.45, 2.75) is 68.0 Å². The molecule has 4 unspecified atom stereocenters. The predicted octanol–water partition coefficient (Wildman–Crippen LogP) is 1.05. The van der Waals surface area contributed by atoms with Gasteiger partial charge in [-0.1, -0.05) is 0 Å². The minimum Gasteiger partial charge on any atom is -0.465 e. The van der Waals surface area contributed by atoms with Crippen LogP contribution in [-0.4, -0.2) is 59.8 Å². The van der Waals surface area contributed by atoms with Crippen molar-refractivity contribution >= 4 is 17.7 Å².